The quantitative estimate of drug-likeness (QED) is 0.625. The van der Waals surface area contributed by atoms with Crippen LogP contribution in [0.5, 0.6) is 5.75 Å². The lowest BCUT2D eigenvalue weighted by molar-refractivity contribution is -0.120. The summed E-state index contributed by atoms with van der Waals surface area (Å²) in [6.07, 6.45) is 0.836. The monoisotopic (exact) mass is 396 g/mol. The average Bonchev–Trinajstić information content (AvgIpc) is 3.32. The highest BCUT2D eigenvalue weighted by Crippen LogP contribution is 2.40. The van der Waals surface area contributed by atoms with E-state index in [1.165, 1.54) is 10.5 Å². The molecule has 3 aromatic rings. The van der Waals surface area contributed by atoms with Gasteiger partial charge in [0.15, 0.2) is 0 Å². The Bertz CT molecular complexity index is 1170. The van der Waals surface area contributed by atoms with Gasteiger partial charge in [-0.2, -0.15) is 0 Å². The number of rotatable bonds is 4. The third kappa shape index (κ3) is 2.78. The maximum atomic E-state index is 13.6. The predicted octanol–water partition coefficient (Wildman–Crippen LogP) is 4.04. The molecule has 5 nitrogen and oxygen atoms in total. The van der Waals surface area contributed by atoms with Crippen molar-refractivity contribution in [3.05, 3.63) is 95.7 Å². The molecule has 0 spiro atoms. The van der Waals surface area contributed by atoms with Gasteiger partial charge in [-0.3, -0.25) is 9.59 Å². The van der Waals surface area contributed by atoms with Crippen LogP contribution in [0.15, 0.2) is 84.6 Å². The standard InChI is InChI=1S/C25H20N2O3/c1-30-20-13-11-18(12-14-20)22-23(26-16-15-17-7-5-6-10-21(17)26)25(29)27(24(22)28)19-8-3-2-4-9-19/h2-14H,15-16H2,1H3. The number of amides is 2. The Morgan fingerprint density at radius 1 is 0.800 bits per heavy atom. The number of methoxy groups -OCH3 is 1. The summed E-state index contributed by atoms with van der Waals surface area (Å²) in [5, 5.41) is 0. The summed E-state index contributed by atoms with van der Waals surface area (Å²) in [6, 6.07) is 24.4. The van der Waals surface area contributed by atoms with E-state index < -0.39 is 0 Å². The van der Waals surface area contributed by atoms with Gasteiger partial charge < -0.3 is 9.64 Å². The molecule has 5 heteroatoms. The van der Waals surface area contributed by atoms with Crippen molar-refractivity contribution in [2.75, 3.05) is 23.5 Å². The highest BCUT2D eigenvalue weighted by molar-refractivity contribution is 6.46. The molecule has 0 radical (unpaired) electrons. The first-order valence-electron chi connectivity index (χ1n) is 9.87. The van der Waals surface area contributed by atoms with Crippen molar-refractivity contribution < 1.29 is 14.3 Å². The molecule has 0 fully saturated rings. The summed E-state index contributed by atoms with van der Waals surface area (Å²) in [5.74, 6) is 0.0913. The molecular weight excluding hydrogens is 376 g/mol. The van der Waals surface area contributed by atoms with E-state index >= 15 is 0 Å². The molecule has 0 unspecified atom stereocenters. The number of nitrogens with zero attached hydrogens (tertiary/aromatic N) is 2. The van der Waals surface area contributed by atoms with Gasteiger partial charge in [0.05, 0.1) is 18.4 Å². The van der Waals surface area contributed by atoms with Crippen LogP contribution in [0.1, 0.15) is 11.1 Å². The minimum absolute atomic E-state index is 0.297. The van der Waals surface area contributed by atoms with Crippen molar-refractivity contribution >= 4 is 28.8 Å². The van der Waals surface area contributed by atoms with Gasteiger partial charge >= 0.3 is 0 Å². The molecule has 30 heavy (non-hydrogen) atoms. The zero-order valence-corrected chi connectivity index (χ0v) is 16.5. The van der Waals surface area contributed by atoms with Crippen LogP contribution < -0.4 is 14.5 Å². The molecule has 2 aliphatic heterocycles. The van der Waals surface area contributed by atoms with Crippen LogP contribution in [0, 0.1) is 0 Å². The van der Waals surface area contributed by atoms with E-state index in [2.05, 4.69) is 6.07 Å². The second kappa shape index (κ2) is 7.19. The van der Waals surface area contributed by atoms with E-state index in [0.29, 0.717) is 34.8 Å². The van der Waals surface area contributed by atoms with Crippen LogP contribution in [0.2, 0.25) is 0 Å². The highest BCUT2D eigenvalue weighted by atomic mass is 16.5. The average molecular weight is 396 g/mol. The Morgan fingerprint density at radius 3 is 2.23 bits per heavy atom. The van der Waals surface area contributed by atoms with Gasteiger partial charge in [-0.15, -0.1) is 0 Å². The van der Waals surface area contributed by atoms with Gasteiger partial charge in [-0.25, -0.2) is 4.90 Å². The van der Waals surface area contributed by atoms with Crippen molar-refractivity contribution in [3.63, 3.8) is 0 Å². The summed E-state index contributed by atoms with van der Waals surface area (Å²) >= 11 is 0. The van der Waals surface area contributed by atoms with E-state index in [-0.39, 0.29) is 11.8 Å². The Kier molecular flexibility index (Phi) is 4.36. The molecule has 0 saturated carbocycles. The highest BCUT2D eigenvalue weighted by Gasteiger charge is 2.43. The summed E-state index contributed by atoms with van der Waals surface area (Å²) in [7, 11) is 1.60. The normalized spacial score (nSPS) is 15.8. The third-order valence-corrected chi connectivity index (χ3v) is 5.61. The number of hydrogen-bond acceptors (Lipinski definition) is 4. The maximum absolute atomic E-state index is 13.6. The molecule has 2 heterocycles. The Morgan fingerprint density at radius 2 is 1.50 bits per heavy atom. The number of fused-ring (bicyclic) bond motifs is 1. The zero-order chi connectivity index (χ0) is 20.7. The van der Waals surface area contributed by atoms with Gasteiger partial charge in [0.25, 0.3) is 11.8 Å². The van der Waals surface area contributed by atoms with Gasteiger partial charge in [-0.1, -0.05) is 48.5 Å². The molecule has 0 bridgehead atoms. The fourth-order valence-electron chi connectivity index (χ4n) is 4.17. The molecule has 2 amide bonds. The van der Waals surface area contributed by atoms with E-state index in [1.54, 1.807) is 31.4 Å². The Hall–Kier alpha value is -3.86. The number of imide groups is 1. The Balaban J connectivity index is 1.68. The van der Waals surface area contributed by atoms with E-state index in [1.807, 2.05) is 53.4 Å². The minimum Gasteiger partial charge on any atom is -0.497 e. The summed E-state index contributed by atoms with van der Waals surface area (Å²) in [5.41, 5.74) is 4.28. The summed E-state index contributed by atoms with van der Waals surface area (Å²) in [4.78, 5) is 30.4. The van der Waals surface area contributed by atoms with Crippen LogP contribution >= 0.6 is 0 Å². The zero-order valence-electron chi connectivity index (χ0n) is 16.5. The summed E-state index contributed by atoms with van der Waals surface area (Å²) < 4.78 is 5.25. The van der Waals surface area contributed by atoms with E-state index in [9.17, 15) is 9.59 Å². The Labute approximate surface area is 174 Å². The number of para-hydroxylation sites is 2. The van der Waals surface area contributed by atoms with Crippen LogP contribution in [0.3, 0.4) is 0 Å². The fourth-order valence-corrected chi connectivity index (χ4v) is 4.17. The molecule has 0 aliphatic carbocycles. The number of hydrogen-bond donors (Lipinski definition) is 0. The van der Waals surface area contributed by atoms with Gasteiger partial charge in [0.1, 0.15) is 11.4 Å². The lowest BCUT2D eigenvalue weighted by atomic mass is 10.0. The smallest absolute Gasteiger partial charge is 0.282 e. The lowest BCUT2D eigenvalue weighted by Gasteiger charge is -2.21. The van der Waals surface area contributed by atoms with Gasteiger partial charge in [-0.05, 0) is 47.9 Å². The van der Waals surface area contributed by atoms with Crippen molar-refractivity contribution in [1.29, 1.82) is 0 Å². The van der Waals surface area contributed by atoms with Crippen molar-refractivity contribution in [2.45, 2.75) is 6.42 Å². The van der Waals surface area contributed by atoms with Crippen molar-refractivity contribution in [1.82, 2.24) is 0 Å². The number of benzene rings is 3. The molecule has 0 N–H and O–H groups in total. The second-order valence-corrected chi connectivity index (χ2v) is 7.26. The number of carbonyl (C=O) groups is 2. The van der Waals surface area contributed by atoms with Crippen molar-refractivity contribution in [3.8, 4) is 5.75 Å². The largest absolute Gasteiger partial charge is 0.497 e. The molecular formula is C25H20N2O3. The number of carbonyl (C=O) groups excluding carboxylic acids is 2. The summed E-state index contributed by atoms with van der Waals surface area (Å²) in [6.45, 7) is 0.663. The maximum Gasteiger partial charge on any atom is 0.282 e. The topological polar surface area (TPSA) is 49.9 Å². The third-order valence-electron chi connectivity index (χ3n) is 5.61. The predicted molar refractivity (Wildman–Crippen MR) is 116 cm³/mol. The van der Waals surface area contributed by atoms with Crippen LogP contribution in [0.25, 0.3) is 5.57 Å². The lowest BCUT2D eigenvalue weighted by Crippen LogP contribution is -2.34. The fraction of sp³-hybridized carbons (Fsp3) is 0.120. The molecule has 0 aromatic heterocycles. The second-order valence-electron chi connectivity index (χ2n) is 7.26. The molecule has 3 aromatic carbocycles. The van der Waals surface area contributed by atoms with Crippen LogP contribution in [0.4, 0.5) is 11.4 Å². The van der Waals surface area contributed by atoms with Crippen LogP contribution in [-0.2, 0) is 16.0 Å². The van der Waals surface area contributed by atoms with Crippen LogP contribution in [-0.4, -0.2) is 25.5 Å². The molecule has 2 aliphatic rings. The van der Waals surface area contributed by atoms with E-state index in [0.717, 1.165) is 12.1 Å². The first-order chi connectivity index (χ1) is 14.7. The van der Waals surface area contributed by atoms with Gasteiger partial charge in [0, 0.05) is 12.2 Å². The molecule has 0 atom stereocenters. The van der Waals surface area contributed by atoms with Crippen molar-refractivity contribution in [2.24, 2.45) is 0 Å². The molecule has 5 rings (SSSR count). The SMILES string of the molecule is COc1ccc(C2=C(N3CCc4ccccc43)C(=O)N(c3ccccc3)C2=O)cc1. The first-order valence-corrected chi connectivity index (χ1v) is 9.87. The minimum atomic E-state index is -0.309. The molecule has 0 saturated heterocycles. The number of anilines is 2. The first kappa shape index (κ1) is 18.2. The van der Waals surface area contributed by atoms with Gasteiger partial charge in [0.2, 0.25) is 0 Å². The number of ether oxygens (including phenoxy) is 1. The molecule has 148 valence electrons. The van der Waals surface area contributed by atoms with E-state index in [4.69, 9.17) is 4.74 Å².